The van der Waals surface area contributed by atoms with Crippen molar-refractivity contribution < 1.29 is 23.0 Å². The number of hydrogen-bond donors (Lipinski definition) is 2. The zero-order valence-corrected chi connectivity index (χ0v) is 62.9. The molecule has 0 unspecified atom stereocenters. The summed E-state index contributed by atoms with van der Waals surface area (Å²) < 4.78 is 110. The SMILES string of the molecule is [2H]c1c([2H])c([2H])c2c(c1[2H])c1cc(C(C)(C)C)ccc1n2-c1cc2c3c(c1)Nc1c(cc(-c4cc(C(C)(C)C)cc(C(C)(C)C)c4)cc1-c1c(-c4ccccc4F)cccc1-c1ccccc1F)B3c1cc(-c3cc(C(C)(C)C)cc(C(C)(C)C)c3)cc(-c3c(-c4ccccc4F)cccc3-c3ccccc3F)c1N2. The van der Waals surface area contributed by atoms with E-state index >= 15 is 17.6 Å². The summed E-state index contributed by atoms with van der Waals surface area (Å²) in [5.74, 6) is -1.87. The first-order valence-corrected chi connectivity index (χ1v) is 36.8. The summed E-state index contributed by atoms with van der Waals surface area (Å²) in [5.41, 5.74) is 19.7. The molecule has 0 atom stereocenters. The predicted molar refractivity (Wildman–Crippen MR) is 442 cm³/mol. The van der Waals surface area contributed by atoms with E-state index in [1.165, 1.54) is 24.3 Å². The molecule has 0 aliphatic carbocycles. The predicted octanol–water partition coefficient (Wildman–Crippen LogP) is 25.8. The Balaban J connectivity index is 1.13. The van der Waals surface area contributed by atoms with Crippen LogP contribution in [0.5, 0.6) is 0 Å². The second kappa shape index (κ2) is 25.4. The molecule has 16 rings (SSSR count). The monoisotopic (exact) mass is 1400 g/mol. The zero-order chi connectivity index (χ0) is 77.9. The number of nitrogens with one attached hydrogen (secondary N) is 2. The van der Waals surface area contributed by atoms with Gasteiger partial charge in [0, 0.05) is 66.9 Å². The van der Waals surface area contributed by atoms with Gasteiger partial charge in [-0.2, -0.15) is 0 Å². The standard InChI is InChI=1S/C98H88BF4N3/c1-94(2,3)61-42-43-88-76(54-61)71-32-20-25-41-87(71)106(88)66-55-85-91-86(56-66)105-93-78(90-74(69-30-18-23-39-83(69)102)35-27-36-75(90)70-31-19-24-40-84(70)103)49-60(58-46-64(97(10,11)12)53-65(47-58)98(13,14)15)51-80(93)99(91)79-50-59(57-44-62(95(4,5)6)52-63(45-57)96(7,8)9)48-77(92(79)104-85)89-72(67-28-16-21-37-81(67)100)33-26-34-73(89)68-29-17-22-38-82(68)101/h16-56,104-105H,1-15H3/i20D,25D,32D,41D. The first-order chi connectivity index (χ1) is 52.0. The van der Waals surface area contributed by atoms with E-state index in [-0.39, 0.29) is 56.8 Å². The number of benzene rings is 13. The van der Waals surface area contributed by atoms with E-state index in [1.807, 2.05) is 77.4 Å². The minimum Gasteiger partial charge on any atom is -0.356 e. The number of halogens is 4. The molecular formula is C98H88BF4N3. The van der Waals surface area contributed by atoms with Crippen LogP contribution < -0.4 is 27.0 Å². The molecular weight excluding hydrogens is 1310 g/mol. The van der Waals surface area contributed by atoms with Crippen molar-refractivity contribution in [2.24, 2.45) is 0 Å². The maximum atomic E-state index is 17.4. The van der Waals surface area contributed by atoms with E-state index in [2.05, 4.69) is 193 Å². The lowest BCUT2D eigenvalue weighted by Gasteiger charge is -2.38. The number of fused-ring (bicyclic) bond motifs is 7. The van der Waals surface area contributed by atoms with Gasteiger partial charge >= 0.3 is 0 Å². The first-order valence-electron chi connectivity index (χ1n) is 38.8. The van der Waals surface area contributed by atoms with Crippen LogP contribution in [0.3, 0.4) is 0 Å². The minimum atomic E-state index is -0.736. The van der Waals surface area contributed by atoms with E-state index < -0.39 is 30.0 Å². The van der Waals surface area contributed by atoms with Crippen LogP contribution in [0.1, 0.15) is 137 Å². The Morgan fingerprint density at radius 3 is 1.01 bits per heavy atom. The van der Waals surface area contributed by atoms with Crippen molar-refractivity contribution in [2.45, 2.75) is 131 Å². The molecule has 2 N–H and O–H groups in total. The zero-order valence-electron chi connectivity index (χ0n) is 66.9. The third-order valence-electron chi connectivity index (χ3n) is 21.8. The Morgan fingerprint density at radius 1 is 0.311 bits per heavy atom. The van der Waals surface area contributed by atoms with Gasteiger partial charge in [-0.15, -0.1) is 0 Å². The highest BCUT2D eigenvalue weighted by Crippen LogP contribution is 2.52. The molecule has 0 radical (unpaired) electrons. The molecule has 0 fully saturated rings. The van der Waals surface area contributed by atoms with Crippen molar-refractivity contribution in [2.75, 3.05) is 10.6 Å². The molecule has 0 amide bonds. The normalized spacial score (nSPS) is 13.5. The molecule has 8 heteroatoms. The largest absolute Gasteiger partial charge is 0.356 e. The lowest BCUT2D eigenvalue weighted by Crippen LogP contribution is -2.59. The third-order valence-corrected chi connectivity index (χ3v) is 21.8. The lowest BCUT2D eigenvalue weighted by molar-refractivity contribution is 0.568. The summed E-state index contributed by atoms with van der Waals surface area (Å²) in [6.07, 6.45) is 0. The molecule has 14 aromatic rings. The van der Waals surface area contributed by atoms with E-state index in [4.69, 9.17) is 0 Å². The number of rotatable bonds is 9. The average molecular weight is 1400 g/mol. The van der Waals surface area contributed by atoms with Gasteiger partial charge in [-0.1, -0.05) is 286 Å². The van der Waals surface area contributed by atoms with E-state index in [9.17, 15) is 5.48 Å². The van der Waals surface area contributed by atoms with Crippen LogP contribution in [-0.2, 0) is 27.1 Å². The summed E-state index contributed by atoms with van der Waals surface area (Å²) in [7, 11) is 0. The van der Waals surface area contributed by atoms with Crippen LogP contribution in [0, 0.1) is 23.3 Å². The van der Waals surface area contributed by atoms with Crippen LogP contribution in [0.2, 0.25) is 0 Å². The highest BCUT2D eigenvalue weighted by molar-refractivity contribution is 7.00. The topological polar surface area (TPSA) is 29.0 Å². The first kappa shape index (κ1) is 64.6. The third kappa shape index (κ3) is 12.1. The summed E-state index contributed by atoms with van der Waals surface area (Å²) in [6, 6.07) is 70.0. The van der Waals surface area contributed by atoms with E-state index in [0.717, 1.165) is 66.5 Å². The van der Waals surface area contributed by atoms with Gasteiger partial charge < -0.3 is 15.2 Å². The second-order valence-corrected chi connectivity index (χ2v) is 34.1. The fraction of sp³-hybridized carbons (Fsp3) is 0.204. The second-order valence-electron chi connectivity index (χ2n) is 34.1. The molecule has 526 valence electrons. The number of para-hydroxylation sites is 1. The Kier molecular flexibility index (Phi) is 15.5. The van der Waals surface area contributed by atoms with Crippen LogP contribution in [0.15, 0.2) is 249 Å². The van der Waals surface area contributed by atoms with E-state index in [1.54, 1.807) is 48.5 Å². The summed E-state index contributed by atoms with van der Waals surface area (Å²) >= 11 is 0. The lowest BCUT2D eigenvalue weighted by atomic mass is 9.33. The maximum Gasteiger partial charge on any atom is 0.252 e. The van der Waals surface area contributed by atoms with Crippen molar-refractivity contribution >= 4 is 67.7 Å². The fourth-order valence-corrected chi connectivity index (χ4v) is 15.9. The summed E-state index contributed by atoms with van der Waals surface area (Å²) in [6.45, 7) is 32.3. The Hall–Kier alpha value is -11.0. The van der Waals surface area contributed by atoms with Crippen molar-refractivity contribution in [3.05, 3.63) is 300 Å². The number of anilines is 4. The number of hydrogen-bond acceptors (Lipinski definition) is 2. The van der Waals surface area contributed by atoms with Gasteiger partial charge in [0.25, 0.3) is 6.71 Å². The average Bonchev–Trinajstić information content (AvgIpc) is 0.885. The molecule has 2 aliphatic heterocycles. The van der Waals surface area contributed by atoms with Gasteiger partial charge in [-0.05, 0) is 194 Å². The fourth-order valence-electron chi connectivity index (χ4n) is 15.9. The Bertz CT molecular complexity index is 5710. The molecule has 13 aromatic carbocycles. The number of aromatic nitrogens is 1. The highest BCUT2D eigenvalue weighted by atomic mass is 19.1. The minimum absolute atomic E-state index is 0.168. The molecule has 2 aliphatic rings. The van der Waals surface area contributed by atoms with Gasteiger partial charge in [0.05, 0.1) is 22.2 Å². The van der Waals surface area contributed by atoms with Gasteiger partial charge in [-0.25, -0.2) is 17.6 Å². The maximum absolute atomic E-state index is 17.4. The summed E-state index contributed by atoms with van der Waals surface area (Å²) in [5, 5.41) is 9.27. The van der Waals surface area contributed by atoms with Gasteiger partial charge in [-0.3, -0.25) is 0 Å². The molecule has 0 spiro atoms. The van der Waals surface area contributed by atoms with E-state index in [0.29, 0.717) is 111 Å². The van der Waals surface area contributed by atoms with Gasteiger partial charge in [0.2, 0.25) is 0 Å². The molecule has 0 bridgehead atoms. The number of nitrogens with zero attached hydrogens (tertiary/aromatic N) is 1. The molecule has 0 saturated heterocycles. The van der Waals surface area contributed by atoms with Crippen LogP contribution >= 0.6 is 0 Å². The smallest absolute Gasteiger partial charge is 0.252 e. The molecule has 1 aromatic heterocycles. The van der Waals surface area contributed by atoms with Crippen LogP contribution in [0.25, 0.3) is 117 Å². The van der Waals surface area contributed by atoms with Crippen molar-refractivity contribution in [3.8, 4) is 94.7 Å². The van der Waals surface area contributed by atoms with Gasteiger partial charge in [0.15, 0.2) is 0 Å². The molecule has 3 heterocycles. The molecule has 0 saturated carbocycles. The van der Waals surface area contributed by atoms with Crippen molar-refractivity contribution in [1.29, 1.82) is 0 Å². The van der Waals surface area contributed by atoms with Crippen LogP contribution in [-0.4, -0.2) is 11.3 Å². The quantitative estimate of drug-likeness (QED) is 0.111. The molecule has 3 nitrogen and oxygen atoms in total. The summed E-state index contributed by atoms with van der Waals surface area (Å²) in [4.78, 5) is 0. The van der Waals surface area contributed by atoms with Gasteiger partial charge in [0.1, 0.15) is 23.3 Å². The van der Waals surface area contributed by atoms with Crippen LogP contribution in [0.4, 0.5) is 40.3 Å². The van der Waals surface area contributed by atoms with Crippen molar-refractivity contribution in [3.63, 3.8) is 0 Å². The molecule has 106 heavy (non-hydrogen) atoms. The van der Waals surface area contributed by atoms with Crippen molar-refractivity contribution in [1.82, 2.24) is 4.57 Å². The Labute approximate surface area is 627 Å². The highest BCUT2D eigenvalue weighted by Gasteiger charge is 2.43. The Morgan fingerprint density at radius 2 is 0.651 bits per heavy atom.